The molecule has 1 unspecified atom stereocenters. The second-order valence-corrected chi connectivity index (χ2v) is 8.11. The summed E-state index contributed by atoms with van der Waals surface area (Å²) in [4.78, 5) is 9.69. The predicted molar refractivity (Wildman–Crippen MR) is 103 cm³/mol. The third-order valence-electron chi connectivity index (χ3n) is 6.34. The summed E-state index contributed by atoms with van der Waals surface area (Å²) < 4.78 is 5.47. The molecule has 25 heavy (non-hydrogen) atoms. The third-order valence-corrected chi connectivity index (χ3v) is 6.34. The van der Waals surface area contributed by atoms with E-state index in [1.807, 2.05) is 7.05 Å². The molecule has 0 spiro atoms. The van der Waals surface area contributed by atoms with E-state index >= 15 is 0 Å². The van der Waals surface area contributed by atoms with Gasteiger partial charge >= 0.3 is 0 Å². The summed E-state index contributed by atoms with van der Waals surface area (Å²) in [5.74, 6) is 1.57. The lowest BCUT2D eigenvalue weighted by atomic mass is 9.84. The van der Waals surface area contributed by atoms with Gasteiger partial charge in [-0.05, 0) is 65.3 Å². The Kier molecular flexibility index (Phi) is 6.96. The van der Waals surface area contributed by atoms with Crippen LogP contribution in [0.5, 0.6) is 0 Å². The molecule has 2 N–H and O–H groups in total. The van der Waals surface area contributed by atoms with Crippen LogP contribution in [-0.4, -0.2) is 87.9 Å². The maximum atomic E-state index is 5.47. The molecular formula is C19H37N5O. The second-order valence-electron chi connectivity index (χ2n) is 8.11. The van der Waals surface area contributed by atoms with Gasteiger partial charge in [0.05, 0.1) is 6.61 Å². The van der Waals surface area contributed by atoms with Gasteiger partial charge in [0.1, 0.15) is 0 Å². The summed E-state index contributed by atoms with van der Waals surface area (Å²) in [5, 5.41) is 7.16. The molecule has 3 saturated heterocycles. The molecule has 0 bridgehead atoms. The van der Waals surface area contributed by atoms with Crippen LogP contribution in [0.3, 0.4) is 0 Å². The average Bonchev–Trinajstić information content (AvgIpc) is 3.18. The van der Waals surface area contributed by atoms with Gasteiger partial charge in [0.2, 0.25) is 0 Å². The van der Waals surface area contributed by atoms with Gasteiger partial charge in [-0.3, -0.25) is 9.89 Å². The first-order valence-corrected chi connectivity index (χ1v) is 10.2. The Bertz CT molecular complexity index is 422. The van der Waals surface area contributed by atoms with Gasteiger partial charge in [-0.15, -0.1) is 0 Å². The summed E-state index contributed by atoms with van der Waals surface area (Å²) in [5.41, 5.74) is 0.293. The molecule has 6 nitrogen and oxygen atoms in total. The van der Waals surface area contributed by atoms with Crippen molar-refractivity contribution in [1.82, 2.24) is 20.4 Å². The van der Waals surface area contributed by atoms with E-state index in [0.29, 0.717) is 11.5 Å². The first-order valence-electron chi connectivity index (χ1n) is 10.2. The number of hydrogen-bond donors (Lipinski definition) is 2. The van der Waals surface area contributed by atoms with E-state index in [0.717, 1.165) is 38.7 Å². The Morgan fingerprint density at radius 2 is 1.88 bits per heavy atom. The van der Waals surface area contributed by atoms with Gasteiger partial charge in [-0.25, -0.2) is 0 Å². The summed E-state index contributed by atoms with van der Waals surface area (Å²) in [6.07, 6.45) is 7.77. The number of piperidine rings is 2. The fourth-order valence-corrected chi connectivity index (χ4v) is 4.46. The van der Waals surface area contributed by atoms with Crippen molar-refractivity contribution in [3.63, 3.8) is 0 Å². The number of likely N-dealkylation sites (tertiary alicyclic amines) is 2. The topological polar surface area (TPSA) is 52.1 Å². The van der Waals surface area contributed by atoms with Crippen molar-refractivity contribution in [2.45, 2.75) is 44.1 Å². The lowest BCUT2D eigenvalue weighted by Gasteiger charge is -2.50. The van der Waals surface area contributed by atoms with Crippen LogP contribution in [0.25, 0.3) is 0 Å². The van der Waals surface area contributed by atoms with Crippen molar-refractivity contribution in [3.8, 4) is 0 Å². The van der Waals surface area contributed by atoms with E-state index in [1.165, 1.54) is 58.3 Å². The largest absolute Gasteiger partial charge is 0.381 e. The number of guanidine groups is 1. The minimum atomic E-state index is 0.293. The van der Waals surface area contributed by atoms with Crippen molar-refractivity contribution in [2.24, 2.45) is 10.9 Å². The van der Waals surface area contributed by atoms with Crippen LogP contribution in [0.1, 0.15) is 38.5 Å². The molecular weight excluding hydrogens is 314 g/mol. The smallest absolute Gasteiger partial charge is 0.191 e. The molecule has 3 heterocycles. The van der Waals surface area contributed by atoms with Crippen LogP contribution in [-0.2, 0) is 4.74 Å². The van der Waals surface area contributed by atoms with E-state index in [1.54, 1.807) is 0 Å². The van der Waals surface area contributed by atoms with Crippen molar-refractivity contribution in [2.75, 3.05) is 66.6 Å². The molecule has 0 aromatic carbocycles. The van der Waals surface area contributed by atoms with Gasteiger partial charge in [-0.1, -0.05) is 6.42 Å². The molecule has 6 heteroatoms. The van der Waals surface area contributed by atoms with Crippen molar-refractivity contribution in [1.29, 1.82) is 0 Å². The zero-order valence-electron chi connectivity index (χ0n) is 16.2. The van der Waals surface area contributed by atoms with Crippen LogP contribution in [0, 0.1) is 5.92 Å². The second kappa shape index (κ2) is 9.19. The van der Waals surface area contributed by atoms with Gasteiger partial charge in [-0.2, -0.15) is 0 Å². The number of ether oxygens (including phenoxy) is 1. The Balaban J connectivity index is 1.55. The highest BCUT2D eigenvalue weighted by Gasteiger charge is 2.39. The minimum Gasteiger partial charge on any atom is -0.381 e. The lowest BCUT2D eigenvalue weighted by molar-refractivity contribution is 0.0173. The highest BCUT2D eigenvalue weighted by atomic mass is 16.5. The number of nitrogens with one attached hydrogen (secondary N) is 2. The number of hydrogen-bond acceptors (Lipinski definition) is 4. The Hall–Kier alpha value is -0.850. The van der Waals surface area contributed by atoms with E-state index < -0.39 is 0 Å². The molecule has 1 atom stereocenters. The Morgan fingerprint density at radius 3 is 2.52 bits per heavy atom. The summed E-state index contributed by atoms with van der Waals surface area (Å²) >= 11 is 0. The maximum absolute atomic E-state index is 5.47. The van der Waals surface area contributed by atoms with E-state index in [-0.39, 0.29) is 0 Å². The highest BCUT2D eigenvalue weighted by molar-refractivity contribution is 5.79. The SMILES string of the molecule is CN=C(NCC1CCOC1)NCC1(N2CCCCC2)CCN(C)CC1. The van der Waals surface area contributed by atoms with Crippen molar-refractivity contribution in [3.05, 3.63) is 0 Å². The van der Waals surface area contributed by atoms with Crippen LogP contribution in [0.4, 0.5) is 0 Å². The van der Waals surface area contributed by atoms with E-state index in [4.69, 9.17) is 4.74 Å². The summed E-state index contributed by atoms with van der Waals surface area (Å²) in [7, 11) is 4.13. The monoisotopic (exact) mass is 351 g/mol. The van der Waals surface area contributed by atoms with Crippen LogP contribution >= 0.6 is 0 Å². The highest BCUT2D eigenvalue weighted by Crippen LogP contribution is 2.30. The van der Waals surface area contributed by atoms with E-state index in [2.05, 4.69) is 32.5 Å². The van der Waals surface area contributed by atoms with Gasteiger partial charge in [0.15, 0.2) is 5.96 Å². The zero-order valence-corrected chi connectivity index (χ0v) is 16.2. The van der Waals surface area contributed by atoms with Crippen LogP contribution in [0.15, 0.2) is 4.99 Å². The molecule has 0 amide bonds. The number of aliphatic imine (C=N–C) groups is 1. The minimum absolute atomic E-state index is 0.293. The molecule has 0 radical (unpaired) electrons. The van der Waals surface area contributed by atoms with Crippen LogP contribution < -0.4 is 10.6 Å². The maximum Gasteiger partial charge on any atom is 0.191 e. The fourth-order valence-electron chi connectivity index (χ4n) is 4.46. The Labute approximate surface area is 153 Å². The summed E-state index contributed by atoms with van der Waals surface area (Å²) in [6.45, 7) is 8.67. The van der Waals surface area contributed by atoms with Crippen molar-refractivity contribution >= 4 is 5.96 Å². The van der Waals surface area contributed by atoms with Crippen molar-refractivity contribution < 1.29 is 4.74 Å². The zero-order chi connectivity index (χ0) is 17.5. The molecule has 3 aliphatic heterocycles. The Morgan fingerprint density at radius 1 is 1.12 bits per heavy atom. The standard InChI is InChI=1S/C19H37N5O/c1-20-18(21-14-17-6-13-25-15-17)22-16-19(7-11-23(2)12-8-19)24-9-4-3-5-10-24/h17H,3-16H2,1-2H3,(H2,20,21,22). The van der Waals surface area contributed by atoms with E-state index in [9.17, 15) is 0 Å². The normalized spacial score (nSPS) is 28.9. The predicted octanol–water partition coefficient (Wildman–Crippen LogP) is 1.14. The fraction of sp³-hybridized carbons (Fsp3) is 0.947. The van der Waals surface area contributed by atoms with Gasteiger partial charge in [0.25, 0.3) is 0 Å². The summed E-state index contributed by atoms with van der Waals surface area (Å²) in [6, 6.07) is 0. The molecule has 0 aromatic rings. The molecule has 0 saturated carbocycles. The van der Waals surface area contributed by atoms with Crippen LogP contribution in [0.2, 0.25) is 0 Å². The van der Waals surface area contributed by atoms with Gasteiger partial charge in [0, 0.05) is 38.2 Å². The number of rotatable bonds is 5. The molecule has 144 valence electrons. The molecule has 3 fully saturated rings. The molecule has 0 aromatic heterocycles. The first kappa shape index (κ1) is 18.9. The molecule has 3 aliphatic rings. The number of nitrogens with zero attached hydrogens (tertiary/aromatic N) is 3. The first-order chi connectivity index (χ1) is 12.2. The quantitative estimate of drug-likeness (QED) is 0.575. The average molecular weight is 352 g/mol. The lowest BCUT2D eigenvalue weighted by Crippen LogP contribution is -2.62. The molecule has 0 aliphatic carbocycles. The molecule has 3 rings (SSSR count). The third kappa shape index (κ3) is 5.08. The van der Waals surface area contributed by atoms with Gasteiger partial charge < -0.3 is 20.3 Å².